The molecule has 7 heteroatoms. The Balaban J connectivity index is 1.18. The molecule has 2 heterocycles. The van der Waals surface area contributed by atoms with E-state index in [1.54, 1.807) is 22.8 Å². The molecular weight excluding hydrogens is 462 g/mol. The fraction of sp³-hybridized carbons (Fsp3) is 0.367. The fourth-order valence-electron chi connectivity index (χ4n) is 5.40. The maximum atomic E-state index is 13.2. The van der Waals surface area contributed by atoms with E-state index < -0.39 is 0 Å². The highest BCUT2D eigenvalue weighted by molar-refractivity contribution is 5.84. The number of carbonyl (C=O) groups is 1. The number of unbranched alkanes of at least 4 members (excludes halogenated alkanes) is 1. The molecule has 1 unspecified atom stereocenters. The summed E-state index contributed by atoms with van der Waals surface area (Å²) in [5, 5.41) is 21.5. The van der Waals surface area contributed by atoms with E-state index in [-0.39, 0.29) is 17.6 Å². The van der Waals surface area contributed by atoms with E-state index in [9.17, 15) is 9.90 Å². The van der Waals surface area contributed by atoms with Crippen LogP contribution in [-0.2, 0) is 4.79 Å². The number of phenols is 1. The van der Waals surface area contributed by atoms with Gasteiger partial charge in [-0.05, 0) is 56.2 Å². The minimum atomic E-state index is -0.0530. The summed E-state index contributed by atoms with van der Waals surface area (Å²) in [5.41, 5.74) is 4.24. The van der Waals surface area contributed by atoms with Gasteiger partial charge in [0.25, 0.3) is 0 Å². The van der Waals surface area contributed by atoms with Crippen molar-refractivity contribution in [3.63, 3.8) is 0 Å². The summed E-state index contributed by atoms with van der Waals surface area (Å²) in [7, 11) is 0. The van der Waals surface area contributed by atoms with Crippen LogP contribution in [0.4, 0.5) is 5.82 Å². The number of fused-ring (bicyclic) bond motifs is 1. The number of anilines is 1. The van der Waals surface area contributed by atoms with E-state index in [0.29, 0.717) is 23.7 Å². The lowest BCUT2D eigenvalue weighted by Crippen LogP contribution is -2.33. The van der Waals surface area contributed by atoms with Crippen LogP contribution in [0.3, 0.4) is 0 Å². The summed E-state index contributed by atoms with van der Waals surface area (Å²) in [6.45, 7) is 3.37. The van der Waals surface area contributed by atoms with Crippen molar-refractivity contribution in [3.05, 3.63) is 78.0 Å². The van der Waals surface area contributed by atoms with Crippen molar-refractivity contribution in [3.8, 4) is 17.0 Å². The van der Waals surface area contributed by atoms with Gasteiger partial charge < -0.3 is 15.7 Å². The summed E-state index contributed by atoms with van der Waals surface area (Å²) in [4.78, 5) is 17.9. The summed E-state index contributed by atoms with van der Waals surface area (Å²) < 4.78 is 1.80. The van der Waals surface area contributed by atoms with Gasteiger partial charge in [0.2, 0.25) is 5.91 Å². The Morgan fingerprint density at radius 1 is 1.05 bits per heavy atom. The van der Waals surface area contributed by atoms with Crippen LogP contribution in [0, 0.1) is 12.8 Å². The first-order valence-corrected chi connectivity index (χ1v) is 13.3. The van der Waals surface area contributed by atoms with Gasteiger partial charge in [-0.1, -0.05) is 55.3 Å². The van der Waals surface area contributed by atoms with E-state index >= 15 is 0 Å². The zero-order valence-electron chi connectivity index (χ0n) is 21.4. The first-order valence-electron chi connectivity index (χ1n) is 13.3. The second-order valence-corrected chi connectivity index (χ2v) is 9.96. The number of phenolic OH excluding ortho intramolecular Hbond substituents is 1. The maximum absolute atomic E-state index is 13.2. The molecule has 5 rings (SSSR count). The normalized spacial score (nSPS) is 14.6. The molecule has 0 radical (unpaired) electrons. The van der Waals surface area contributed by atoms with Gasteiger partial charge in [-0.2, -0.15) is 9.61 Å². The number of amides is 1. The second-order valence-electron chi connectivity index (χ2n) is 9.96. The van der Waals surface area contributed by atoms with Crippen LogP contribution < -0.4 is 10.6 Å². The summed E-state index contributed by atoms with van der Waals surface area (Å²) in [5.74, 6) is 1.56. The summed E-state index contributed by atoms with van der Waals surface area (Å²) in [6.07, 6.45) is 8.28. The van der Waals surface area contributed by atoms with E-state index in [0.717, 1.165) is 54.8 Å². The Kier molecular flexibility index (Phi) is 7.68. The number of carbonyl (C=O) groups excluding carboxylic acids is 1. The minimum absolute atomic E-state index is 0.0530. The number of para-hydroxylation sites is 1. The zero-order valence-corrected chi connectivity index (χ0v) is 21.4. The fourth-order valence-corrected chi connectivity index (χ4v) is 5.40. The van der Waals surface area contributed by atoms with Gasteiger partial charge in [0.15, 0.2) is 5.65 Å². The van der Waals surface area contributed by atoms with Crippen molar-refractivity contribution in [2.45, 2.75) is 51.4 Å². The standard InChI is InChI=1S/C30H35N5O2/c1-21-20-33-35-27(19-25(34-29(21)35)24-15-7-8-16-26(24)36)31-17-9-10-18-32-30(37)28(23-13-5-6-14-23)22-11-3-2-4-12-22/h2-4,7-8,11-12,15-16,19-20,23,28,31,36H,5-6,9-10,13-14,17-18H2,1H3,(H,32,37). The first-order chi connectivity index (χ1) is 18.1. The molecule has 3 N–H and O–H groups in total. The Labute approximate surface area is 218 Å². The third-order valence-corrected chi connectivity index (χ3v) is 7.35. The largest absolute Gasteiger partial charge is 0.507 e. The van der Waals surface area contributed by atoms with Crippen LogP contribution in [0.15, 0.2) is 66.9 Å². The van der Waals surface area contributed by atoms with Crippen molar-refractivity contribution in [1.29, 1.82) is 0 Å². The molecule has 2 aromatic carbocycles. The van der Waals surface area contributed by atoms with Crippen LogP contribution >= 0.6 is 0 Å². The molecule has 192 valence electrons. The van der Waals surface area contributed by atoms with Crippen molar-refractivity contribution < 1.29 is 9.90 Å². The lowest BCUT2D eigenvalue weighted by atomic mass is 9.84. The molecule has 37 heavy (non-hydrogen) atoms. The molecule has 7 nitrogen and oxygen atoms in total. The third kappa shape index (κ3) is 5.61. The topological polar surface area (TPSA) is 91.5 Å². The third-order valence-electron chi connectivity index (χ3n) is 7.35. The van der Waals surface area contributed by atoms with Gasteiger partial charge in [0.05, 0.1) is 17.8 Å². The number of aromatic nitrogens is 3. The SMILES string of the molecule is Cc1cnn2c(NCCCCNC(=O)C(c3ccccc3)C3CCCC3)cc(-c3ccccc3O)nc12. The molecule has 0 spiro atoms. The molecule has 0 saturated heterocycles. The smallest absolute Gasteiger partial charge is 0.227 e. The molecule has 1 fully saturated rings. The molecule has 4 aromatic rings. The van der Waals surface area contributed by atoms with E-state index in [2.05, 4.69) is 27.9 Å². The molecule has 0 bridgehead atoms. The molecule has 1 amide bonds. The first kappa shape index (κ1) is 24.8. The number of rotatable bonds is 10. The van der Waals surface area contributed by atoms with Crippen molar-refractivity contribution >= 4 is 17.4 Å². The quantitative estimate of drug-likeness (QED) is 0.245. The van der Waals surface area contributed by atoms with Gasteiger partial charge in [0, 0.05) is 30.3 Å². The molecular formula is C30H35N5O2. The highest BCUT2D eigenvalue weighted by Gasteiger charge is 2.31. The van der Waals surface area contributed by atoms with Crippen molar-refractivity contribution in [2.24, 2.45) is 5.92 Å². The molecule has 1 aliphatic rings. The van der Waals surface area contributed by atoms with E-state index in [1.807, 2.05) is 43.3 Å². The monoisotopic (exact) mass is 497 g/mol. The Morgan fingerprint density at radius 3 is 2.57 bits per heavy atom. The minimum Gasteiger partial charge on any atom is -0.507 e. The molecule has 1 saturated carbocycles. The van der Waals surface area contributed by atoms with Gasteiger partial charge in [-0.25, -0.2) is 4.98 Å². The van der Waals surface area contributed by atoms with Crippen LogP contribution in [0.25, 0.3) is 16.9 Å². The number of hydrogen-bond donors (Lipinski definition) is 3. The van der Waals surface area contributed by atoms with E-state index in [4.69, 9.17) is 4.98 Å². The highest BCUT2D eigenvalue weighted by atomic mass is 16.3. The second kappa shape index (κ2) is 11.5. The van der Waals surface area contributed by atoms with Crippen LogP contribution in [0.5, 0.6) is 5.75 Å². The Morgan fingerprint density at radius 2 is 1.78 bits per heavy atom. The highest BCUT2D eigenvalue weighted by Crippen LogP contribution is 2.37. The predicted molar refractivity (Wildman–Crippen MR) is 147 cm³/mol. The van der Waals surface area contributed by atoms with Gasteiger partial charge in [-0.3, -0.25) is 4.79 Å². The number of nitrogens with one attached hydrogen (secondary N) is 2. The number of aromatic hydroxyl groups is 1. The van der Waals surface area contributed by atoms with Gasteiger partial charge >= 0.3 is 0 Å². The lowest BCUT2D eigenvalue weighted by molar-refractivity contribution is -0.123. The maximum Gasteiger partial charge on any atom is 0.227 e. The number of aryl methyl sites for hydroxylation is 1. The van der Waals surface area contributed by atoms with E-state index in [1.165, 1.54) is 12.8 Å². The van der Waals surface area contributed by atoms with Crippen LogP contribution in [0.2, 0.25) is 0 Å². The van der Waals surface area contributed by atoms with Crippen molar-refractivity contribution in [1.82, 2.24) is 19.9 Å². The average molecular weight is 498 g/mol. The van der Waals surface area contributed by atoms with Gasteiger partial charge in [-0.15, -0.1) is 0 Å². The molecule has 2 aromatic heterocycles. The lowest BCUT2D eigenvalue weighted by Gasteiger charge is -2.23. The van der Waals surface area contributed by atoms with Crippen molar-refractivity contribution in [2.75, 3.05) is 18.4 Å². The average Bonchev–Trinajstić information content (AvgIpc) is 3.57. The van der Waals surface area contributed by atoms with Crippen LogP contribution in [-0.4, -0.2) is 38.7 Å². The van der Waals surface area contributed by atoms with Crippen LogP contribution in [0.1, 0.15) is 55.6 Å². The summed E-state index contributed by atoms with van der Waals surface area (Å²) in [6, 6.07) is 19.4. The Bertz CT molecular complexity index is 1340. The zero-order chi connectivity index (χ0) is 25.6. The summed E-state index contributed by atoms with van der Waals surface area (Å²) >= 11 is 0. The Hall–Kier alpha value is -3.87. The van der Waals surface area contributed by atoms with Gasteiger partial charge in [0.1, 0.15) is 11.6 Å². The predicted octanol–water partition coefficient (Wildman–Crippen LogP) is 5.69. The number of benzene rings is 2. The molecule has 1 atom stereocenters. The number of hydrogen-bond acceptors (Lipinski definition) is 5. The number of nitrogens with zero attached hydrogens (tertiary/aromatic N) is 3. The molecule has 1 aliphatic carbocycles. The molecule has 0 aliphatic heterocycles.